The van der Waals surface area contributed by atoms with E-state index in [4.69, 9.17) is 0 Å². The maximum Gasteiger partial charge on any atom is 0.313 e. The lowest BCUT2D eigenvalue weighted by atomic mass is 10.2. The Bertz CT molecular complexity index is 480. The minimum Gasteiger partial charge on any atom is -0.345 e. The van der Waals surface area contributed by atoms with Crippen molar-refractivity contribution in [2.75, 3.05) is 17.3 Å². The van der Waals surface area contributed by atoms with Crippen LogP contribution in [0.3, 0.4) is 0 Å². The van der Waals surface area contributed by atoms with Crippen molar-refractivity contribution in [2.24, 2.45) is 0 Å². The molecule has 104 valence electrons. The van der Waals surface area contributed by atoms with E-state index in [9.17, 15) is 9.59 Å². The molecule has 1 aromatic carbocycles. The Kier molecular flexibility index (Phi) is 6.37. The van der Waals surface area contributed by atoms with Crippen molar-refractivity contribution in [3.8, 4) is 0 Å². The Morgan fingerprint density at radius 2 is 2.05 bits per heavy atom. The van der Waals surface area contributed by atoms with Crippen LogP contribution < -0.4 is 10.6 Å². The van der Waals surface area contributed by atoms with Crippen molar-refractivity contribution in [1.29, 1.82) is 0 Å². The number of thioether (sulfide) groups is 1. The normalized spacial score (nSPS) is 11.8. The molecule has 0 saturated carbocycles. The van der Waals surface area contributed by atoms with Crippen LogP contribution >= 0.6 is 27.7 Å². The molecule has 1 atom stereocenters. The summed E-state index contributed by atoms with van der Waals surface area (Å²) in [7, 11) is 0. The first-order valence-electron chi connectivity index (χ1n) is 5.81. The van der Waals surface area contributed by atoms with E-state index in [0.717, 1.165) is 15.8 Å². The monoisotopic (exact) mass is 344 g/mol. The number of halogens is 1. The van der Waals surface area contributed by atoms with E-state index in [1.807, 2.05) is 32.2 Å². The van der Waals surface area contributed by atoms with Gasteiger partial charge in [0.2, 0.25) is 0 Å². The molecule has 0 unspecified atom stereocenters. The molecule has 0 spiro atoms. The molecule has 0 aliphatic rings. The number of hydrogen-bond acceptors (Lipinski definition) is 3. The maximum atomic E-state index is 11.8. The van der Waals surface area contributed by atoms with Gasteiger partial charge in [0.15, 0.2) is 0 Å². The van der Waals surface area contributed by atoms with E-state index in [0.29, 0.717) is 5.69 Å². The van der Waals surface area contributed by atoms with Crippen LogP contribution in [-0.2, 0) is 9.59 Å². The quantitative estimate of drug-likeness (QED) is 0.825. The van der Waals surface area contributed by atoms with E-state index in [-0.39, 0.29) is 6.04 Å². The molecule has 0 aromatic heterocycles. The van der Waals surface area contributed by atoms with Crippen molar-refractivity contribution in [2.45, 2.75) is 19.9 Å². The Morgan fingerprint density at radius 3 is 2.68 bits per heavy atom. The van der Waals surface area contributed by atoms with Crippen molar-refractivity contribution in [3.63, 3.8) is 0 Å². The summed E-state index contributed by atoms with van der Waals surface area (Å²) < 4.78 is 0.851. The molecule has 19 heavy (non-hydrogen) atoms. The van der Waals surface area contributed by atoms with Crippen LogP contribution in [0.2, 0.25) is 0 Å². The third kappa shape index (κ3) is 5.24. The molecule has 1 rings (SSSR count). The summed E-state index contributed by atoms with van der Waals surface area (Å²) in [6, 6.07) is 5.49. The highest BCUT2D eigenvalue weighted by molar-refractivity contribution is 9.10. The third-order valence-electron chi connectivity index (χ3n) is 2.45. The standard InChI is InChI=1S/C13H17BrN2O2S/c1-8-4-5-10(14)6-11(8)16-13(18)12(17)15-9(2)7-19-3/h4-6,9H,7H2,1-3H3,(H,15,17)(H,16,18)/t9-/m1/s1. The van der Waals surface area contributed by atoms with Gasteiger partial charge in [0, 0.05) is 22.0 Å². The van der Waals surface area contributed by atoms with Gasteiger partial charge in [-0.3, -0.25) is 9.59 Å². The van der Waals surface area contributed by atoms with Crippen molar-refractivity contribution in [3.05, 3.63) is 28.2 Å². The summed E-state index contributed by atoms with van der Waals surface area (Å²) in [6.45, 7) is 3.74. The summed E-state index contributed by atoms with van der Waals surface area (Å²) in [6.07, 6.45) is 1.95. The van der Waals surface area contributed by atoms with Crippen molar-refractivity contribution >= 4 is 45.2 Å². The van der Waals surface area contributed by atoms with Gasteiger partial charge in [0.25, 0.3) is 0 Å². The zero-order chi connectivity index (χ0) is 14.4. The number of amides is 2. The molecule has 1 aromatic rings. The second-order valence-electron chi connectivity index (χ2n) is 4.24. The predicted molar refractivity (Wildman–Crippen MR) is 83.5 cm³/mol. The fourth-order valence-corrected chi connectivity index (χ4v) is 2.43. The van der Waals surface area contributed by atoms with Gasteiger partial charge in [0.05, 0.1) is 0 Å². The fraction of sp³-hybridized carbons (Fsp3) is 0.385. The highest BCUT2D eigenvalue weighted by atomic mass is 79.9. The van der Waals surface area contributed by atoms with E-state index < -0.39 is 11.8 Å². The molecule has 0 aliphatic heterocycles. The van der Waals surface area contributed by atoms with E-state index in [2.05, 4.69) is 26.6 Å². The highest BCUT2D eigenvalue weighted by Crippen LogP contribution is 2.20. The average molecular weight is 345 g/mol. The Hall–Kier alpha value is -1.01. The molecule has 2 amide bonds. The predicted octanol–water partition coefficient (Wildman–Crippen LogP) is 2.56. The number of aryl methyl sites for hydroxylation is 1. The van der Waals surface area contributed by atoms with Crippen LogP contribution in [0.5, 0.6) is 0 Å². The van der Waals surface area contributed by atoms with Crippen molar-refractivity contribution < 1.29 is 9.59 Å². The van der Waals surface area contributed by atoms with E-state index in [1.165, 1.54) is 0 Å². The molecule has 0 saturated heterocycles. The molecule has 0 aliphatic carbocycles. The van der Waals surface area contributed by atoms with Gasteiger partial charge in [-0.25, -0.2) is 0 Å². The zero-order valence-electron chi connectivity index (χ0n) is 11.1. The number of rotatable bonds is 4. The van der Waals surface area contributed by atoms with Gasteiger partial charge in [-0.05, 0) is 37.8 Å². The van der Waals surface area contributed by atoms with Crippen molar-refractivity contribution in [1.82, 2.24) is 5.32 Å². The van der Waals surface area contributed by atoms with Gasteiger partial charge >= 0.3 is 11.8 Å². The lowest BCUT2D eigenvalue weighted by Gasteiger charge is -2.13. The van der Waals surface area contributed by atoms with Gasteiger partial charge in [-0.1, -0.05) is 22.0 Å². The first kappa shape index (κ1) is 16.0. The van der Waals surface area contributed by atoms with Crippen LogP contribution in [0.15, 0.2) is 22.7 Å². The Morgan fingerprint density at radius 1 is 1.37 bits per heavy atom. The lowest BCUT2D eigenvalue weighted by molar-refractivity contribution is -0.136. The number of anilines is 1. The van der Waals surface area contributed by atoms with Gasteiger partial charge in [0.1, 0.15) is 0 Å². The molecule has 0 radical (unpaired) electrons. The molecule has 0 bridgehead atoms. The fourth-order valence-electron chi connectivity index (χ4n) is 1.49. The molecule has 0 fully saturated rings. The van der Waals surface area contributed by atoms with Gasteiger partial charge < -0.3 is 10.6 Å². The molecular weight excluding hydrogens is 328 g/mol. The van der Waals surface area contributed by atoms with Crippen LogP contribution in [0.4, 0.5) is 5.69 Å². The summed E-state index contributed by atoms with van der Waals surface area (Å²) >= 11 is 4.95. The summed E-state index contributed by atoms with van der Waals surface area (Å²) in [5.41, 5.74) is 1.54. The maximum absolute atomic E-state index is 11.8. The second-order valence-corrected chi connectivity index (χ2v) is 6.07. The minimum atomic E-state index is -0.644. The molecule has 0 heterocycles. The SMILES string of the molecule is CSC[C@@H](C)NC(=O)C(=O)Nc1cc(Br)ccc1C. The average Bonchev–Trinajstić information content (AvgIpc) is 2.34. The third-order valence-corrected chi connectivity index (χ3v) is 3.77. The molecule has 2 N–H and O–H groups in total. The molecule has 6 heteroatoms. The van der Waals surface area contributed by atoms with Crippen LogP contribution in [0.25, 0.3) is 0 Å². The largest absolute Gasteiger partial charge is 0.345 e. The summed E-state index contributed by atoms with van der Waals surface area (Å²) in [4.78, 5) is 23.5. The van der Waals surface area contributed by atoms with Crippen LogP contribution in [0.1, 0.15) is 12.5 Å². The highest BCUT2D eigenvalue weighted by Gasteiger charge is 2.16. The van der Waals surface area contributed by atoms with Gasteiger partial charge in [-0.2, -0.15) is 11.8 Å². The summed E-state index contributed by atoms with van der Waals surface area (Å²) in [5.74, 6) is -0.482. The summed E-state index contributed by atoms with van der Waals surface area (Å²) in [5, 5.41) is 5.26. The van der Waals surface area contributed by atoms with E-state index in [1.54, 1.807) is 17.8 Å². The molecule has 4 nitrogen and oxygen atoms in total. The first-order valence-corrected chi connectivity index (χ1v) is 7.99. The molecular formula is C13H17BrN2O2S. The second kappa shape index (κ2) is 7.55. The number of nitrogens with one attached hydrogen (secondary N) is 2. The topological polar surface area (TPSA) is 58.2 Å². The smallest absolute Gasteiger partial charge is 0.313 e. The number of hydrogen-bond donors (Lipinski definition) is 2. The van der Waals surface area contributed by atoms with Crippen LogP contribution in [-0.4, -0.2) is 29.9 Å². The number of carbonyl (C=O) groups excluding carboxylic acids is 2. The number of carbonyl (C=O) groups is 2. The first-order chi connectivity index (χ1) is 8.93. The minimum absolute atomic E-state index is 0.0307. The van der Waals surface area contributed by atoms with Gasteiger partial charge in [-0.15, -0.1) is 0 Å². The lowest BCUT2D eigenvalue weighted by Crippen LogP contribution is -2.41. The zero-order valence-corrected chi connectivity index (χ0v) is 13.5. The van der Waals surface area contributed by atoms with E-state index >= 15 is 0 Å². The Labute approximate surface area is 125 Å². The van der Waals surface area contributed by atoms with Crippen LogP contribution in [0, 0.1) is 6.92 Å². The Balaban J connectivity index is 2.64. The number of benzene rings is 1.